The molecule has 18 heavy (non-hydrogen) atoms. The highest BCUT2D eigenvalue weighted by molar-refractivity contribution is 6.04. The summed E-state index contributed by atoms with van der Waals surface area (Å²) in [5, 5.41) is 8.93. The Labute approximate surface area is 99.3 Å². The zero-order valence-corrected chi connectivity index (χ0v) is 8.87. The first kappa shape index (κ1) is 14.0. The van der Waals surface area contributed by atoms with Gasteiger partial charge < -0.3 is 9.84 Å². The van der Waals surface area contributed by atoms with E-state index in [1.807, 2.05) is 0 Å². The average Bonchev–Trinajstić information content (AvgIpc) is 2.26. The monoisotopic (exact) mass is 264 g/mol. The molecule has 0 aliphatic carbocycles. The number of carbonyl (C=O) groups is 1. The fourth-order valence-electron chi connectivity index (χ4n) is 1.05. The summed E-state index contributed by atoms with van der Waals surface area (Å²) >= 11 is 0. The summed E-state index contributed by atoms with van der Waals surface area (Å²) in [7, 11) is 0. The molecule has 0 unspecified atom stereocenters. The van der Waals surface area contributed by atoms with Gasteiger partial charge in [0.2, 0.25) is 0 Å². The van der Waals surface area contributed by atoms with Crippen LogP contribution in [0.15, 0.2) is 36.3 Å². The highest BCUT2D eigenvalue weighted by atomic mass is 19.4. The van der Waals surface area contributed by atoms with Gasteiger partial charge in [-0.3, -0.25) is 4.79 Å². The summed E-state index contributed by atoms with van der Waals surface area (Å²) in [6.45, 7) is -1.74. The van der Waals surface area contributed by atoms with Gasteiger partial charge in [-0.15, -0.1) is 0 Å². The summed E-state index contributed by atoms with van der Waals surface area (Å²) in [6, 6.07) is 4.85. The SMILES string of the molecule is O=C(/C=C(\O)OCC(F)(F)F)c1ccccc1F. The molecule has 0 fully saturated rings. The first-order valence-electron chi connectivity index (χ1n) is 4.68. The molecule has 0 aliphatic rings. The summed E-state index contributed by atoms with van der Waals surface area (Å²) in [6.07, 6.45) is -4.26. The van der Waals surface area contributed by atoms with Crippen molar-refractivity contribution < 1.29 is 32.2 Å². The number of halogens is 4. The lowest BCUT2D eigenvalue weighted by molar-refractivity contribution is -0.173. The number of hydrogen-bond donors (Lipinski definition) is 1. The maximum atomic E-state index is 13.1. The minimum atomic E-state index is -4.64. The van der Waals surface area contributed by atoms with Gasteiger partial charge in [-0.1, -0.05) is 12.1 Å². The van der Waals surface area contributed by atoms with Crippen LogP contribution in [0, 0.1) is 5.82 Å². The van der Waals surface area contributed by atoms with E-state index < -0.39 is 30.3 Å². The van der Waals surface area contributed by atoms with Crippen LogP contribution in [0.4, 0.5) is 17.6 Å². The predicted molar refractivity (Wildman–Crippen MR) is 53.4 cm³/mol. The van der Waals surface area contributed by atoms with E-state index in [4.69, 9.17) is 5.11 Å². The van der Waals surface area contributed by atoms with Crippen LogP contribution in [-0.2, 0) is 4.74 Å². The highest BCUT2D eigenvalue weighted by Gasteiger charge is 2.29. The Bertz CT molecular complexity index is 466. The smallest absolute Gasteiger partial charge is 0.422 e. The van der Waals surface area contributed by atoms with Crippen molar-refractivity contribution in [2.24, 2.45) is 0 Å². The molecule has 0 heterocycles. The van der Waals surface area contributed by atoms with Crippen LogP contribution >= 0.6 is 0 Å². The molecule has 0 saturated carbocycles. The number of benzene rings is 1. The van der Waals surface area contributed by atoms with Crippen LogP contribution in [0.3, 0.4) is 0 Å². The van der Waals surface area contributed by atoms with Gasteiger partial charge in [0.1, 0.15) is 5.82 Å². The highest BCUT2D eigenvalue weighted by Crippen LogP contribution is 2.16. The van der Waals surface area contributed by atoms with Crippen molar-refractivity contribution in [1.82, 2.24) is 0 Å². The molecule has 1 aromatic carbocycles. The molecule has 0 saturated heterocycles. The second-order valence-corrected chi connectivity index (χ2v) is 3.23. The molecule has 0 radical (unpaired) electrons. The van der Waals surface area contributed by atoms with Crippen molar-refractivity contribution in [3.63, 3.8) is 0 Å². The van der Waals surface area contributed by atoms with Crippen molar-refractivity contribution in [2.75, 3.05) is 6.61 Å². The van der Waals surface area contributed by atoms with E-state index >= 15 is 0 Å². The number of allylic oxidation sites excluding steroid dienone is 1. The molecule has 1 rings (SSSR count). The van der Waals surface area contributed by atoms with Crippen LogP contribution in [0.2, 0.25) is 0 Å². The topological polar surface area (TPSA) is 46.5 Å². The minimum absolute atomic E-state index is 0.375. The molecule has 98 valence electrons. The number of ketones is 1. The summed E-state index contributed by atoms with van der Waals surface area (Å²) < 4.78 is 52.2. The Morgan fingerprint density at radius 1 is 1.33 bits per heavy atom. The first-order valence-corrected chi connectivity index (χ1v) is 4.68. The minimum Gasteiger partial charge on any atom is -0.481 e. The number of aliphatic hydroxyl groups excluding tert-OH is 1. The molecule has 0 bridgehead atoms. The number of ether oxygens (including phenoxy) is 1. The third-order valence-electron chi connectivity index (χ3n) is 1.78. The lowest BCUT2D eigenvalue weighted by Gasteiger charge is -2.07. The van der Waals surface area contributed by atoms with Gasteiger partial charge in [-0.25, -0.2) is 4.39 Å². The molecule has 1 N–H and O–H groups in total. The van der Waals surface area contributed by atoms with Gasteiger partial charge in [0.15, 0.2) is 12.4 Å². The molecule has 0 atom stereocenters. The Morgan fingerprint density at radius 3 is 2.50 bits per heavy atom. The van der Waals surface area contributed by atoms with E-state index in [9.17, 15) is 22.4 Å². The van der Waals surface area contributed by atoms with Crippen molar-refractivity contribution >= 4 is 5.78 Å². The maximum absolute atomic E-state index is 13.1. The number of aliphatic hydroxyl groups is 1. The van der Waals surface area contributed by atoms with E-state index in [0.717, 1.165) is 12.1 Å². The molecular formula is C11H8F4O3. The van der Waals surface area contributed by atoms with Crippen molar-refractivity contribution in [3.8, 4) is 0 Å². The Kier molecular flexibility index (Phi) is 4.30. The lowest BCUT2D eigenvalue weighted by atomic mass is 10.1. The number of rotatable bonds is 4. The van der Waals surface area contributed by atoms with Crippen LogP contribution in [0.5, 0.6) is 0 Å². The Hall–Kier alpha value is -2.05. The van der Waals surface area contributed by atoms with E-state index in [1.54, 1.807) is 0 Å². The van der Waals surface area contributed by atoms with Gasteiger partial charge in [0, 0.05) is 0 Å². The maximum Gasteiger partial charge on any atom is 0.422 e. The zero-order valence-electron chi connectivity index (χ0n) is 8.87. The molecule has 0 aromatic heterocycles. The zero-order chi connectivity index (χ0) is 13.8. The van der Waals surface area contributed by atoms with E-state index in [-0.39, 0.29) is 5.56 Å². The van der Waals surface area contributed by atoms with Crippen molar-refractivity contribution in [2.45, 2.75) is 6.18 Å². The average molecular weight is 264 g/mol. The molecule has 7 heteroatoms. The van der Waals surface area contributed by atoms with Gasteiger partial charge in [0.25, 0.3) is 5.95 Å². The van der Waals surface area contributed by atoms with Crippen LogP contribution < -0.4 is 0 Å². The standard InChI is InChI=1S/C11H8F4O3/c12-8-4-2-1-3-7(8)9(16)5-10(17)18-6-11(13,14)15/h1-5,17H,6H2/b10-5+. The normalized spacial score (nSPS) is 12.3. The Balaban J connectivity index is 2.72. The lowest BCUT2D eigenvalue weighted by Crippen LogP contribution is -2.17. The number of alkyl halides is 3. The van der Waals surface area contributed by atoms with Gasteiger partial charge in [0.05, 0.1) is 11.6 Å². The summed E-state index contributed by atoms with van der Waals surface area (Å²) in [5.41, 5.74) is -0.375. The van der Waals surface area contributed by atoms with Gasteiger partial charge in [-0.2, -0.15) is 13.2 Å². The summed E-state index contributed by atoms with van der Waals surface area (Å²) in [5.74, 6) is -3.06. The molecule has 1 aromatic rings. The summed E-state index contributed by atoms with van der Waals surface area (Å²) in [4.78, 5) is 11.4. The first-order chi connectivity index (χ1) is 8.29. The quantitative estimate of drug-likeness (QED) is 0.393. The van der Waals surface area contributed by atoms with Crippen LogP contribution in [0.25, 0.3) is 0 Å². The third kappa shape index (κ3) is 4.44. The van der Waals surface area contributed by atoms with Gasteiger partial charge in [-0.05, 0) is 12.1 Å². The predicted octanol–water partition coefficient (Wildman–Crippen LogP) is 2.99. The third-order valence-corrected chi connectivity index (χ3v) is 1.78. The van der Waals surface area contributed by atoms with E-state index in [0.29, 0.717) is 6.08 Å². The van der Waals surface area contributed by atoms with Crippen molar-refractivity contribution in [1.29, 1.82) is 0 Å². The Morgan fingerprint density at radius 2 is 1.94 bits per heavy atom. The van der Waals surface area contributed by atoms with Gasteiger partial charge >= 0.3 is 6.18 Å². The van der Waals surface area contributed by atoms with E-state index in [2.05, 4.69) is 4.74 Å². The van der Waals surface area contributed by atoms with E-state index in [1.165, 1.54) is 12.1 Å². The molecule has 0 amide bonds. The molecule has 3 nitrogen and oxygen atoms in total. The molecular weight excluding hydrogens is 256 g/mol. The van der Waals surface area contributed by atoms with Crippen LogP contribution in [0.1, 0.15) is 10.4 Å². The largest absolute Gasteiger partial charge is 0.481 e. The molecule has 0 aliphatic heterocycles. The fourth-order valence-corrected chi connectivity index (χ4v) is 1.05. The van der Waals surface area contributed by atoms with Crippen molar-refractivity contribution in [3.05, 3.63) is 47.7 Å². The fraction of sp³-hybridized carbons (Fsp3) is 0.182. The second-order valence-electron chi connectivity index (χ2n) is 3.23. The number of hydrogen-bond acceptors (Lipinski definition) is 3. The van der Waals surface area contributed by atoms with Crippen LogP contribution in [-0.4, -0.2) is 23.7 Å². The second kappa shape index (κ2) is 5.52. The number of carbonyl (C=O) groups excluding carboxylic acids is 1. The molecule has 0 spiro atoms.